The highest BCUT2D eigenvalue weighted by Gasteiger charge is 2.27. The lowest BCUT2D eigenvalue weighted by molar-refractivity contribution is 0.160. The lowest BCUT2D eigenvalue weighted by Crippen LogP contribution is -2.45. The van der Waals surface area contributed by atoms with E-state index in [1.54, 1.807) is 6.20 Å². The molecule has 3 nitrogen and oxygen atoms in total. The number of nitrogens with one attached hydrogen (secondary N) is 1. The molecule has 0 unspecified atom stereocenters. The van der Waals surface area contributed by atoms with Gasteiger partial charge in [0.15, 0.2) is 0 Å². The van der Waals surface area contributed by atoms with Crippen molar-refractivity contribution in [2.24, 2.45) is 5.92 Å². The molecule has 0 aliphatic carbocycles. The van der Waals surface area contributed by atoms with Gasteiger partial charge in [-0.25, -0.2) is 4.98 Å². The Labute approximate surface area is 142 Å². The molecule has 0 amide bonds. The van der Waals surface area contributed by atoms with Crippen LogP contribution in [0.15, 0.2) is 6.20 Å². The molecule has 0 radical (unpaired) electrons. The van der Waals surface area contributed by atoms with Gasteiger partial charge in [-0.15, -0.1) is 0 Å². The van der Waals surface area contributed by atoms with Crippen molar-refractivity contribution >= 4 is 34.8 Å². The van der Waals surface area contributed by atoms with E-state index in [4.69, 9.17) is 34.8 Å². The van der Waals surface area contributed by atoms with Gasteiger partial charge in [0.05, 0.1) is 10.0 Å². The molecule has 0 bridgehead atoms. The van der Waals surface area contributed by atoms with Gasteiger partial charge in [0.1, 0.15) is 5.15 Å². The number of pyridine rings is 1. The number of piperazine rings is 1. The van der Waals surface area contributed by atoms with E-state index in [1.807, 2.05) is 0 Å². The molecule has 1 aliphatic heterocycles. The monoisotopic (exact) mass is 349 g/mol. The van der Waals surface area contributed by atoms with Crippen molar-refractivity contribution in [2.45, 2.75) is 32.7 Å². The van der Waals surface area contributed by atoms with Crippen LogP contribution in [0.2, 0.25) is 15.2 Å². The van der Waals surface area contributed by atoms with Crippen molar-refractivity contribution in [3.05, 3.63) is 27.0 Å². The van der Waals surface area contributed by atoms with E-state index in [0.29, 0.717) is 21.1 Å². The summed E-state index contributed by atoms with van der Waals surface area (Å²) in [5.74, 6) is 0.644. The third kappa shape index (κ3) is 4.46. The maximum absolute atomic E-state index is 6.41. The Morgan fingerprint density at radius 3 is 2.48 bits per heavy atom. The SMILES string of the molecule is CC(C)CC[C@@H](c1c(Cl)cnc(Cl)c1Cl)N1CCNCC1. The third-order valence-electron chi connectivity index (χ3n) is 3.91. The fraction of sp³-hybridized carbons (Fsp3) is 0.667. The van der Waals surface area contributed by atoms with Crippen molar-refractivity contribution in [3.63, 3.8) is 0 Å². The predicted molar refractivity (Wildman–Crippen MR) is 90.5 cm³/mol. The smallest absolute Gasteiger partial charge is 0.148 e. The molecule has 2 rings (SSSR count). The van der Waals surface area contributed by atoms with Gasteiger partial charge in [0.25, 0.3) is 0 Å². The van der Waals surface area contributed by atoms with Crippen LogP contribution in [0.3, 0.4) is 0 Å². The van der Waals surface area contributed by atoms with Crippen LogP contribution in [0.4, 0.5) is 0 Å². The number of aromatic nitrogens is 1. The second-order valence-electron chi connectivity index (χ2n) is 5.90. The first-order valence-corrected chi connectivity index (χ1v) is 8.58. The van der Waals surface area contributed by atoms with Crippen LogP contribution >= 0.6 is 34.8 Å². The normalized spacial score (nSPS) is 18.2. The Hall–Kier alpha value is -0.0600. The molecule has 118 valence electrons. The largest absolute Gasteiger partial charge is 0.314 e. The second-order valence-corrected chi connectivity index (χ2v) is 7.04. The molecule has 0 spiro atoms. The molecular weight excluding hydrogens is 329 g/mol. The Morgan fingerprint density at radius 2 is 1.86 bits per heavy atom. The minimum Gasteiger partial charge on any atom is -0.314 e. The highest BCUT2D eigenvalue weighted by molar-refractivity contribution is 6.43. The van der Waals surface area contributed by atoms with Crippen LogP contribution in [0, 0.1) is 5.92 Å². The van der Waals surface area contributed by atoms with Crippen molar-refractivity contribution in [1.29, 1.82) is 0 Å². The molecule has 1 aromatic heterocycles. The van der Waals surface area contributed by atoms with Crippen LogP contribution in [-0.4, -0.2) is 36.1 Å². The molecule has 1 atom stereocenters. The Morgan fingerprint density at radius 1 is 1.19 bits per heavy atom. The summed E-state index contributed by atoms with van der Waals surface area (Å²) in [6.07, 6.45) is 3.76. The Kier molecular flexibility index (Phi) is 6.57. The lowest BCUT2D eigenvalue weighted by Gasteiger charge is -2.36. The quantitative estimate of drug-likeness (QED) is 0.797. The van der Waals surface area contributed by atoms with Crippen LogP contribution in [0.1, 0.15) is 38.3 Å². The van der Waals surface area contributed by atoms with Gasteiger partial charge in [0, 0.05) is 44.0 Å². The first kappa shape index (κ1) is 17.3. The fourth-order valence-corrected chi connectivity index (χ4v) is 3.50. The third-order valence-corrected chi connectivity index (χ3v) is 4.98. The summed E-state index contributed by atoms with van der Waals surface area (Å²) < 4.78 is 0. The summed E-state index contributed by atoms with van der Waals surface area (Å²) in [4.78, 5) is 6.48. The van der Waals surface area contributed by atoms with E-state index >= 15 is 0 Å². The Balaban J connectivity index is 2.31. The topological polar surface area (TPSA) is 28.2 Å². The average molecular weight is 351 g/mol. The second kappa shape index (κ2) is 7.98. The number of hydrogen-bond acceptors (Lipinski definition) is 3. The van der Waals surface area contributed by atoms with Gasteiger partial charge in [-0.1, -0.05) is 48.7 Å². The maximum Gasteiger partial charge on any atom is 0.148 e. The zero-order valence-corrected chi connectivity index (χ0v) is 14.8. The summed E-state index contributed by atoms with van der Waals surface area (Å²) >= 11 is 18.9. The molecule has 1 N–H and O–H groups in total. The van der Waals surface area contributed by atoms with Crippen molar-refractivity contribution in [1.82, 2.24) is 15.2 Å². The highest BCUT2D eigenvalue weighted by atomic mass is 35.5. The fourth-order valence-electron chi connectivity index (χ4n) is 2.76. The molecule has 1 aromatic rings. The first-order chi connectivity index (χ1) is 10.0. The summed E-state index contributed by atoms with van der Waals surface area (Å²) in [5.41, 5.74) is 0.931. The van der Waals surface area contributed by atoms with Crippen LogP contribution in [0.5, 0.6) is 0 Å². The molecule has 21 heavy (non-hydrogen) atoms. The van der Waals surface area contributed by atoms with Gasteiger partial charge in [-0.3, -0.25) is 4.90 Å². The maximum atomic E-state index is 6.41. The molecule has 0 saturated carbocycles. The van der Waals surface area contributed by atoms with Crippen molar-refractivity contribution in [3.8, 4) is 0 Å². The van der Waals surface area contributed by atoms with Gasteiger partial charge >= 0.3 is 0 Å². The van der Waals surface area contributed by atoms with Crippen molar-refractivity contribution in [2.75, 3.05) is 26.2 Å². The summed E-state index contributed by atoms with van der Waals surface area (Å²) in [7, 11) is 0. The highest BCUT2D eigenvalue weighted by Crippen LogP contribution is 2.39. The van der Waals surface area contributed by atoms with E-state index in [9.17, 15) is 0 Å². The minimum absolute atomic E-state index is 0.204. The molecule has 1 saturated heterocycles. The first-order valence-electron chi connectivity index (χ1n) is 7.45. The van der Waals surface area contributed by atoms with Crippen LogP contribution < -0.4 is 5.32 Å². The molecule has 0 aromatic carbocycles. The number of nitrogens with zero attached hydrogens (tertiary/aromatic N) is 2. The van der Waals surface area contributed by atoms with E-state index < -0.39 is 0 Å². The number of halogens is 3. The van der Waals surface area contributed by atoms with Gasteiger partial charge in [0.2, 0.25) is 0 Å². The number of hydrogen-bond donors (Lipinski definition) is 1. The van der Waals surface area contributed by atoms with E-state index in [2.05, 4.69) is 29.0 Å². The predicted octanol–water partition coefficient (Wildman–Crippen LogP) is 4.42. The Bertz CT molecular complexity index is 473. The minimum atomic E-state index is 0.204. The van der Waals surface area contributed by atoms with Gasteiger partial charge in [-0.2, -0.15) is 0 Å². The summed E-state index contributed by atoms with van der Waals surface area (Å²) in [6, 6.07) is 0.204. The molecular formula is C15H22Cl3N3. The van der Waals surface area contributed by atoms with Crippen molar-refractivity contribution < 1.29 is 0 Å². The van der Waals surface area contributed by atoms with Crippen LogP contribution in [-0.2, 0) is 0 Å². The van der Waals surface area contributed by atoms with E-state index in [0.717, 1.165) is 44.6 Å². The van der Waals surface area contributed by atoms with Crippen LogP contribution in [0.25, 0.3) is 0 Å². The number of rotatable bonds is 5. The molecule has 6 heteroatoms. The van der Waals surface area contributed by atoms with E-state index in [-0.39, 0.29) is 6.04 Å². The van der Waals surface area contributed by atoms with E-state index in [1.165, 1.54) is 0 Å². The standard InChI is InChI=1S/C15H22Cl3N3/c1-10(2)3-4-12(21-7-5-19-6-8-21)13-11(16)9-20-15(18)14(13)17/h9-10,12,19H,3-8H2,1-2H3/t12-/m0/s1. The summed E-state index contributed by atoms with van der Waals surface area (Å²) in [5, 5.41) is 4.82. The molecule has 2 heterocycles. The lowest BCUT2D eigenvalue weighted by atomic mass is 9.96. The summed E-state index contributed by atoms with van der Waals surface area (Å²) in [6.45, 7) is 8.44. The average Bonchev–Trinajstić information content (AvgIpc) is 2.47. The van der Waals surface area contributed by atoms with Gasteiger partial charge in [-0.05, 0) is 18.8 Å². The zero-order valence-electron chi connectivity index (χ0n) is 12.5. The molecule has 1 aliphatic rings. The molecule has 1 fully saturated rings. The van der Waals surface area contributed by atoms with Gasteiger partial charge < -0.3 is 5.32 Å². The zero-order chi connectivity index (χ0) is 15.4.